The Bertz CT molecular complexity index is 750. The zero-order chi connectivity index (χ0) is 15.4. The van der Waals surface area contributed by atoms with Crippen LogP contribution in [0.5, 0.6) is 0 Å². The standard InChI is InChI=1S/C15H13FN4O2/c16-11-1-3-14(4-2-11)20-7-5-13(18-20)10-17-15(21)9-12-6-8-22-19-12/h1-8H,9-10H2,(H,17,21). The van der Waals surface area contributed by atoms with Gasteiger partial charge in [0.1, 0.15) is 12.1 Å². The summed E-state index contributed by atoms with van der Waals surface area (Å²) in [4.78, 5) is 11.7. The normalized spacial score (nSPS) is 10.6. The third-order valence-corrected chi connectivity index (χ3v) is 3.04. The van der Waals surface area contributed by atoms with Crippen molar-refractivity contribution in [1.29, 1.82) is 0 Å². The average molecular weight is 300 g/mol. The van der Waals surface area contributed by atoms with E-state index in [4.69, 9.17) is 0 Å². The summed E-state index contributed by atoms with van der Waals surface area (Å²) in [5, 5.41) is 10.8. The van der Waals surface area contributed by atoms with Crippen LogP contribution in [0.25, 0.3) is 5.69 Å². The number of benzene rings is 1. The molecule has 0 aliphatic heterocycles. The van der Waals surface area contributed by atoms with E-state index in [1.165, 1.54) is 18.4 Å². The number of rotatable bonds is 5. The monoisotopic (exact) mass is 300 g/mol. The van der Waals surface area contributed by atoms with Gasteiger partial charge < -0.3 is 9.84 Å². The zero-order valence-electron chi connectivity index (χ0n) is 11.6. The molecule has 0 saturated heterocycles. The van der Waals surface area contributed by atoms with Gasteiger partial charge in [0.15, 0.2) is 0 Å². The summed E-state index contributed by atoms with van der Waals surface area (Å²) < 4.78 is 19.2. The van der Waals surface area contributed by atoms with E-state index in [2.05, 4.69) is 20.1 Å². The molecule has 2 aromatic heterocycles. The third-order valence-electron chi connectivity index (χ3n) is 3.04. The summed E-state index contributed by atoms with van der Waals surface area (Å²) in [5.41, 5.74) is 2.04. The number of hydrogen-bond acceptors (Lipinski definition) is 4. The molecular formula is C15H13FN4O2. The lowest BCUT2D eigenvalue weighted by Crippen LogP contribution is -2.24. The van der Waals surface area contributed by atoms with Crippen molar-refractivity contribution in [1.82, 2.24) is 20.3 Å². The molecule has 1 aromatic carbocycles. The average Bonchev–Trinajstić information content (AvgIpc) is 3.17. The minimum absolute atomic E-state index is 0.162. The molecule has 0 spiro atoms. The molecule has 3 aromatic rings. The van der Waals surface area contributed by atoms with Crippen LogP contribution in [0.1, 0.15) is 11.4 Å². The van der Waals surface area contributed by atoms with Crippen LogP contribution in [-0.4, -0.2) is 20.8 Å². The molecule has 0 bridgehead atoms. The van der Waals surface area contributed by atoms with Gasteiger partial charge in [-0.3, -0.25) is 4.79 Å². The fourth-order valence-corrected chi connectivity index (χ4v) is 1.94. The minimum atomic E-state index is -0.295. The Balaban J connectivity index is 1.57. The molecule has 1 N–H and O–H groups in total. The highest BCUT2D eigenvalue weighted by molar-refractivity contribution is 5.77. The van der Waals surface area contributed by atoms with Crippen molar-refractivity contribution in [3.05, 3.63) is 66.1 Å². The third kappa shape index (κ3) is 3.38. The van der Waals surface area contributed by atoms with Crippen molar-refractivity contribution in [2.45, 2.75) is 13.0 Å². The van der Waals surface area contributed by atoms with Crippen LogP contribution < -0.4 is 5.32 Å². The van der Waals surface area contributed by atoms with E-state index in [0.29, 0.717) is 17.9 Å². The van der Waals surface area contributed by atoms with E-state index in [-0.39, 0.29) is 18.1 Å². The highest BCUT2D eigenvalue weighted by Crippen LogP contribution is 2.09. The van der Waals surface area contributed by atoms with E-state index in [1.807, 2.05) is 0 Å². The van der Waals surface area contributed by atoms with Crippen LogP contribution in [0.4, 0.5) is 4.39 Å². The molecule has 112 valence electrons. The molecule has 0 aliphatic carbocycles. The maximum absolute atomic E-state index is 12.9. The predicted octanol–water partition coefficient (Wildman–Crippen LogP) is 1.86. The van der Waals surface area contributed by atoms with Gasteiger partial charge in [0, 0.05) is 12.3 Å². The molecule has 0 atom stereocenters. The smallest absolute Gasteiger partial charge is 0.226 e. The maximum atomic E-state index is 12.9. The highest BCUT2D eigenvalue weighted by Gasteiger charge is 2.07. The van der Waals surface area contributed by atoms with E-state index in [1.54, 1.807) is 35.1 Å². The molecule has 0 radical (unpaired) electrons. The van der Waals surface area contributed by atoms with Gasteiger partial charge in [0.05, 0.1) is 30.0 Å². The molecule has 6 nitrogen and oxygen atoms in total. The van der Waals surface area contributed by atoms with Crippen molar-refractivity contribution in [3.63, 3.8) is 0 Å². The first kappa shape index (κ1) is 14.0. The molecule has 0 fully saturated rings. The second kappa shape index (κ2) is 6.21. The van der Waals surface area contributed by atoms with Gasteiger partial charge in [-0.25, -0.2) is 9.07 Å². The SMILES string of the molecule is O=C(Cc1ccon1)NCc1ccn(-c2ccc(F)cc2)n1. The van der Waals surface area contributed by atoms with Crippen LogP contribution >= 0.6 is 0 Å². The van der Waals surface area contributed by atoms with Crippen LogP contribution in [0, 0.1) is 5.82 Å². The van der Waals surface area contributed by atoms with E-state index < -0.39 is 0 Å². The van der Waals surface area contributed by atoms with Crippen LogP contribution in [0.15, 0.2) is 53.4 Å². The topological polar surface area (TPSA) is 73.0 Å². The summed E-state index contributed by atoms with van der Waals surface area (Å²) in [5.74, 6) is -0.457. The molecule has 0 unspecified atom stereocenters. The molecule has 22 heavy (non-hydrogen) atoms. The fraction of sp³-hybridized carbons (Fsp3) is 0.133. The molecule has 2 heterocycles. The number of amides is 1. The van der Waals surface area contributed by atoms with Crippen molar-refractivity contribution in [2.24, 2.45) is 0 Å². The number of nitrogens with zero attached hydrogens (tertiary/aromatic N) is 3. The lowest BCUT2D eigenvalue weighted by molar-refractivity contribution is -0.120. The Labute approximate surface area is 125 Å². The van der Waals surface area contributed by atoms with Crippen molar-refractivity contribution < 1.29 is 13.7 Å². The predicted molar refractivity (Wildman–Crippen MR) is 75.6 cm³/mol. The first-order valence-electron chi connectivity index (χ1n) is 6.67. The Morgan fingerprint density at radius 3 is 2.73 bits per heavy atom. The number of aromatic nitrogens is 3. The Kier molecular flexibility index (Phi) is 3.95. The van der Waals surface area contributed by atoms with Crippen LogP contribution in [0.2, 0.25) is 0 Å². The van der Waals surface area contributed by atoms with Gasteiger partial charge in [-0.1, -0.05) is 5.16 Å². The number of carbonyl (C=O) groups is 1. The summed E-state index contributed by atoms with van der Waals surface area (Å²) in [7, 11) is 0. The van der Waals surface area contributed by atoms with Gasteiger partial charge in [-0.15, -0.1) is 0 Å². The first-order valence-corrected chi connectivity index (χ1v) is 6.67. The van der Waals surface area contributed by atoms with Gasteiger partial charge in [0.25, 0.3) is 0 Å². The molecule has 7 heteroatoms. The molecule has 0 saturated carbocycles. The summed E-state index contributed by atoms with van der Waals surface area (Å²) in [6, 6.07) is 9.44. The van der Waals surface area contributed by atoms with E-state index >= 15 is 0 Å². The lowest BCUT2D eigenvalue weighted by Gasteiger charge is -2.02. The highest BCUT2D eigenvalue weighted by atomic mass is 19.1. The summed E-state index contributed by atoms with van der Waals surface area (Å²) in [6.45, 7) is 0.310. The summed E-state index contributed by atoms with van der Waals surface area (Å²) in [6.07, 6.45) is 3.34. The molecule has 3 rings (SSSR count). The second-order valence-corrected chi connectivity index (χ2v) is 4.67. The van der Waals surface area contributed by atoms with Gasteiger partial charge in [0.2, 0.25) is 5.91 Å². The zero-order valence-corrected chi connectivity index (χ0v) is 11.6. The van der Waals surface area contributed by atoms with Gasteiger partial charge in [-0.2, -0.15) is 5.10 Å². The quantitative estimate of drug-likeness (QED) is 0.780. The first-order chi connectivity index (χ1) is 10.7. The van der Waals surface area contributed by atoms with Crippen molar-refractivity contribution >= 4 is 5.91 Å². The van der Waals surface area contributed by atoms with Crippen LogP contribution in [-0.2, 0) is 17.8 Å². The van der Waals surface area contributed by atoms with Crippen molar-refractivity contribution in [2.75, 3.05) is 0 Å². The van der Waals surface area contributed by atoms with E-state index in [0.717, 1.165) is 5.69 Å². The van der Waals surface area contributed by atoms with Crippen molar-refractivity contribution in [3.8, 4) is 5.69 Å². The number of hydrogen-bond donors (Lipinski definition) is 1. The number of halogens is 1. The second-order valence-electron chi connectivity index (χ2n) is 4.67. The van der Waals surface area contributed by atoms with Gasteiger partial charge >= 0.3 is 0 Å². The maximum Gasteiger partial charge on any atom is 0.226 e. The Hall–Kier alpha value is -2.96. The summed E-state index contributed by atoms with van der Waals surface area (Å²) >= 11 is 0. The largest absolute Gasteiger partial charge is 0.364 e. The Morgan fingerprint density at radius 1 is 1.18 bits per heavy atom. The molecular weight excluding hydrogens is 287 g/mol. The van der Waals surface area contributed by atoms with Gasteiger partial charge in [-0.05, 0) is 30.3 Å². The number of carbonyl (C=O) groups excluding carboxylic acids is 1. The minimum Gasteiger partial charge on any atom is -0.364 e. The molecule has 1 amide bonds. The fourth-order valence-electron chi connectivity index (χ4n) is 1.94. The molecule has 0 aliphatic rings. The van der Waals surface area contributed by atoms with Crippen LogP contribution in [0.3, 0.4) is 0 Å². The Morgan fingerprint density at radius 2 is 2.00 bits per heavy atom. The number of nitrogens with one attached hydrogen (secondary N) is 1. The lowest BCUT2D eigenvalue weighted by atomic mass is 10.3. The van der Waals surface area contributed by atoms with E-state index in [9.17, 15) is 9.18 Å².